The molecule has 8 heteroatoms. The highest BCUT2D eigenvalue weighted by molar-refractivity contribution is 5.81. The molecule has 0 unspecified atom stereocenters. The van der Waals surface area contributed by atoms with Crippen LogP contribution in [0.2, 0.25) is 0 Å². The fourth-order valence-corrected chi connectivity index (χ4v) is 3.26. The van der Waals surface area contributed by atoms with Crippen molar-refractivity contribution >= 4 is 22.6 Å². The molecule has 0 amide bonds. The molecule has 26 heavy (non-hydrogen) atoms. The van der Waals surface area contributed by atoms with Gasteiger partial charge in [-0.2, -0.15) is 4.98 Å². The number of hydrogen-bond acceptors (Lipinski definition) is 7. The summed E-state index contributed by atoms with van der Waals surface area (Å²) < 4.78 is 6.91. The molecule has 1 aliphatic heterocycles. The van der Waals surface area contributed by atoms with Gasteiger partial charge in [0.15, 0.2) is 5.82 Å². The molecule has 0 atom stereocenters. The zero-order valence-corrected chi connectivity index (χ0v) is 15.2. The monoisotopic (exact) mass is 354 g/mol. The number of piperazine rings is 1. The summed E-state index contributed by atoms with van der Waals surface area (Å²) in [5.74, 6) is 0.648. The Morgan fingerprint density at radius 2 is 1.85 bits per heavy atom. The highest BCUT2D eigenvalue weighted by Crippen LogP contribution is 2.22. The minimum atomic E-state index is 0.00753. The number of benzene rings is 1. The van der Waals surface area contributed by atoms with Crippen LogP contribution in [0.1, 0.15) is 25.7 Å². The number of fused-ring (bicyclic) bond motifs is 1. The SMILES string of the molecule is Cc1noc(N2CCN(c3ccc4c(=O)n(C(C)C)cnc4c3)CC2)n1. The maximum Gasteiger partial charge on any atom is 0.324 e. The third-order valence-electron chi connectivity index (χ3n) is 4.76. The predicted molar refractivity (Wildman–Crippen MR) is 99.8 cm³/mol. The van der Waals surface area contributed by atoms with Crippen molar-refractivity contribution in [2.24, 2.45) is 0 Å². The van der Waals surface area contributed by atoms with E-state index in [0.29, 0.717) is 17.2 Å². The first-order valence-electron chi connectivity index (χ1n) is 8.84. The molecule has 2 aromatic heterocycles. The zero-order valence-electron chi connectivity index (χ0n) is 15.2. The van der Waals surface area contributed by atoms with Gasteiger partial charge in [-0.15, -0.1) is 0 Å². The van der Waals surface area contributed by atoms with Crippen LogP contribution < -0.4 is 15.4 Å². The van der Waals surface area contributed by atoms with Gasteiger partial charge in [0.25, 0.3) is 5.56 Å². The number of anilines is 2. The van der Waals surface area contributed by atoms with Gasteiger partial charge in [0.2, 0.25) is 0 Å². The van der Waals surface area contributed by atoms with Crippen LogP contribution in [0, 0.1) is 6.92 Å². The fourth-order valence-electron chi connectivity index (χ4n) is 3.26. The maximum atomic E-state index is 12.5. The normalized spacial score (nSPS) is 15.2. The predicted octanol–water partition coefficient (Wildman–Crippen LogP) is 2.00. The second kappa shape index (κ2) is 6.44. The molecule has 136 valence electrons. The van der Waals surface area contributed by atoms with Crippen LogP contribution in [0.3, 0.4) is 0 Å². The van der Waals surface area contributed by atoms with Crippen molar-refractivity contribution in [2.75, 3.05) is 36.0 Å². The Labute approximate surface area is 151 Å². The molecule has 0 radical (unpaired) electrons. The average Bonchev–Trinajstić information content (AvgIpc) is 3.08. The summed E-state index contributed by atoms with van der Waals surface area (Å²) in [6.07, 6.45) is 1.63. The highest BCUT2D eigenvalue weighted by atomic mass is 16.5. The summed E-state index contributed by atoms with van der Waals surface area (Å²) in [5, 5.41) is 4.51. The van der Waals surface area contributed by atoms with Crippen LogP contribution in [-0.4, -0.2) is 45.9 Å². The van der Waals surface area contributed by atoms with E-state index in [0.717, 1.165) is 37.4 Å². The van der Waals surface area contributed by atoms with Gasteiger partial charge in [-0.05, 0) is 39.0 Å². The first kappa shape index (κ1) is 16.6. The van der Waals surface area contributed by atoms with E-state index in [1.54, 1.807) is 10.9 Å². The van der Waals surface area contributed by atoms with Crippen molar-refractivity contribution in [3.8, 4) is 0 Å². The van der Waals surface area contributed by atoms with E-state index in [4.69, 9.17) is 4.52 Å². The standard InChI is InChI=1S/C18H22N6O2/c1-12(2)24-11-19-16-10-14(4-5-15(16)17(24)25)22-6-8-23(9-7-22)18-20-13(3)21-26-18/h4-5,10-12H,6-9H2,1-3H3. The van der Waals surface area contributed by atoms with E-state index in [1.165, 1.54) is 0 Å². The molecule has 1 saturated heterocycles. The molecule has 0 bridgehead atoms. The Morgan fingerprint density at radius 1 is 1.12 bits per heavy atom. The third kappa shape index (κ3) is 2.91. The average molecular weight is 354 g/mol. The molecule has 0 N–H and O–H groups in total. The Bertz CT molecular complexity index is 985. The number of aromatic nitrogens is 4. The van der Waals surface area contributed by atoms with Gasteiger partial charge in [0.1, 0.15) is 0 Å². The van der Waals surface area contributed by atoms with Gasteiger partial charge < -0.3 is 14.3 Å². The lowest BCUT2D eigenvalue weighted by atomic mass is 10.2. The van der Waals surface area contributed by atoms with Crippen LogP contribution in [0.5, 0.6) is 0 Å². The molecule has 0 spiro atoms. The highest BCUT2D eigenvalue weighted by Gasteiger charge is 2.21. The first-order valence-corrected chi connectivity index (χ1v) is 8.84. The number of rotatable bonds is 3. The van der Waals surface area contributed by atoms with Crippen molar-refractivity contribution in [3.05, 3.63) is 40.7 Å². The molecule has 1 aliphatic rings. The smallest absolute Gasteiger partial charge is 0.324 e. The molecule has 1 aromatic carbocycles. The summed E-state index contributed by atoms with van der Waals surface area (Å²) in [5.41, 5.74) is 1.82. The Hall–Kier alpha value is -2.90. The van der Waals surface area contributed by atoms with E-state index in [2.05, 4.69) is 24.9 Å². The molecular weight excluding hydrogens is 332 g/mol. The number of hydrogen-bond donors (Lipinski definition) is 0. The van der Waals surface area contributed by atoms with Crippen molar-refractivity contribution in [1.29, 1.82) is 0 Å². The van der Waals surface area contributed by atoms with Crippen LogP contribution in [0.25, 0.3) is 10.9 Å². The van der Waals surface area contributed by atoms with Crippen LogP contribution >= 0.6 is 0 Å². The van der Waals surface area contributed by atoms with Gasteiger partial charge in [0, 0.05) is 37.9 Å². The topological polar surface area (TPSA) is 80.3 Å². The maximum absolute atomic E-state index is 12.5. The zero-order chi connectivity index (χ0) is 18.3. The molecule has 8 nitrogen and oxygen atoms in total. The number of aryl methyl sites for hydroxylation is 1. The van der Waals surface area contributed by atoms with Crippen LogP contribution in [0.4, 0.5) is 11.7 Å². The van der Waals surface area contributed by atoms with E-state index in [1.807, 2.05) is 39.0 Å². The third-order valence-corrected chi connectivity index (χ3v) is 4.76. The second-order valence-electron chi connectivity index (χ2n) is 6.85. The molecule has 3 heterocycles. The van der Waals surface area contributed by atoms with Gasteiger partial charge >= 0.3 is 6.01 Å². The molecule has 3 aromatic rings. The Kier molecular flexibility index (Phi) is 4.10. The molecular formula is C18H22N6O2. The van der Waals surface area contributed by atoms with Crippen LogP contribution in [0.15, 0.2) is 33.8 Å². The largest absolute Gasteiger partial charge is 0.368 e. The lowest BCUT2D eigenvalue weighted by Crippen LogP contribution is -2.46. The summed E-state index contributed by atoms with van der Waals surface area (Å²) >= 11 is 0. The Morgan fingerprint density at radius 3 is 2.50 bits per heavy atom. The van der Waals surface area contributed by atoms with E-state index < -0.39 is 0 Å². The van der Waals surface area contributed by atoms with Gasteiger partial charge in [0.05, 0.1) is 17.2 Å². The van der Waals surface area contributed by atoms with Crippen LogP contribution in [-0.2, 0) is 0 Å². The van der Waals surface area contributed by atoms with E-state index >= 15 is 0 Å². The van der Waals surface area contributed by atoms with Crippen molar-refractivity contribution < 1.29 is 4.52 Å². The van der Waals surface area contributed by atoms with Crippen molar-refractivity contribution in [1.82, 2.24) is 19.7 Å². The quantitative estimate of drug-likeness (QED) is 0.711. The second-order valence-corrected chi connectivity index (χ2v) is 6.85. The van der Waals surface area contributed by atoms with Crippen molar-refractivity contribution in [2.45, 2.75) is 26.8 Å². The van der Waals surface area contributed by atoms with E-state index in [9.17, 15) is 4.79 Å². The van der Waals surface area contributed by atoms with E-state index in [-0.39, 0.29) is 11.6 Å². The summed E-state index contributed by atoms with van der Waals surface area (Å²) in [7, 11) is 0. The van der Waals surface area contributed by atoms with Gasteiger partial charge in [-0.25, -0.2) is 4.98 Å². The molecule has 0 saturated carbocycles. The number of nitrogens with zero attached hydrogens (tertiary/aromatic N) is 6. The van der Waals surface area contributed by atoms with Gasteiger partial charge in [-0.1, -0.05) is 5.16 Å². The minimum Gasteiger partial charge on any atom is -0.368 e. The van der Waals surface area contributed by atoms with Gasteiger partial charge in [-0.3, -0.25) is 9.36 Å². The summed E-state index contributed by atoms with van der Waals surface area (Å²) in [6, 6.07) is 6.56. The summed E-state index contributed by atoms with van der Waals surface area (Å²) in [4.78, 5) is 25.7. The molecule has 4 rings (SSSR count). The minimum absolute atomic E-state index is 0.00753. The fraction of sp³-hybridized carbons (Fsp3) is 0.444. The molecule has 1 fully saturated rings. The first-order chi connectivity index (χ1) is 12.5. The molecule has 0 aliphatic carbocycles. The lowest BCUT2D eigenvalue weighted by molar-refractivity contribution is 0.404. The van der Waals surface area contributed by atoms with Crippen molar-refractivity contribution in [3.63, 3.8) is 0 Å². The summed E-state index contributed by atoms with van der Waals surface area (Å²) in [6.45, 7) is 9.08. The Balaban J connectivity index is 1.54. The lowest BCUT2D eigenvalue weighted by Gasteiger charge is -2.35.